The molecule has 0 amide bonds. The zero-order valence-electron chi connectivity index (χ0n) is 16.3. The molecule has 1 N–H and O–H groups in total. The number of aryl methyl sites for hydroxylation is 1. The quantitative estimate of drug-likeness (QED) is 0.584. The first kappa shape index (κ1) is 20.4. The number of aromatic nitrogens is 2. The normalized spacial score (nSPS) is 11.2. The van der Waals surface area contributed by atoms with Crippen molar-refractivity contribution in [3.05, 3.63) is 65.9 Å². The van der Waals surface area contributed by atoms with E-state index in [1.807, 2.05) is 19.1 Å². The van der Waals surface area contributed by atoms with Gasteiger partial charge in [-0.3, -0.25) is 0 Å². The molecule has 0 aliphatic rings. The molecular weight excluding hydrogens is 381 g/mol. The highest BCUT2D eigenvalue weighted by atomic mass is 19.4. The molecule has 8 heteroatoms. The SMILES string of the molecule is CCc1ccc(N(C)c2nc(Nc3ccc(OC)cc3)ncc2C(F)(F)F)cc1. The Hall–Kier alpha value is -3.29. The minimum absolute atomic E-state index is 0.0650. The number of hydrogen-bond acceptors (Lipinski definition) is 5. The summed E-state index contributed by atoms with van der Waals surface area (Å²) in [5.41, 5.74) is 1.43. The third kappa shape index (κ3) is 4.77. The fourth-order valence-corrected chi connectivity index (χ4v) is 2.77. The van der Waals surface area contributed by atoms with E-state index in [1.54, 1.807) is 50.6 Å². The average molecular weight is 402 g/mol. The van der Waals surface area contributed by atoms with E-state index >= 15 is 0 Å². The molecule has 5 nitrogen and oxygen atoms in total. The summed E-state index contributed by atoms with van der Waals surface area (Å²) in [6.45, 7) is 2.02. The van der Waals surface area contributed by atoms with Crippen molar-refractivity contribution in [1.29, 1.82) is 0 Å². The second kappa shape index (κ2) is 8.38. The average Bonchev–Trinajstić information content (AvgIpc) is 2.73. The maximum absolute atomic E-state index is 13.5. The number of benzene rings is 2. The highest BCUT2D eigenvalue weighted by molar-refractivity contribution is 5.65. The van der Waals surface area contributed by atoms with Gasteiger partial charge in [0.05, 0.1) is 7.11 Å². The molecule has 0 saturated heterocycles. The van der Waals surface area contributed by atoms with Gasteiger partial charge in [0.15, 0.2) is 5.82 Å². The monoisotopic (exact) mass is 402 g/mol. The van der Waals surface area contributed by atoms with Crippen molar-refractivity contribution in [3.8, 4) is 5.75 Å². The lowest BCUT2D eigenvalue weighted by atomic mass is 10.1. The van der Waals surface area contributed by atoms with Crippen LogP contribution in [-0.2, 0) is 12.6 Å². The number of alkyl halides is 3. The number of rotatable bonds is 6. The molecule has 0 radical (unpaired) electrons. The molecule has 152 valence electrons. The lowest BCUT2D eigenvalue weighted by Crippen LogP contribution is -2.19. The Kier molecular flexibility index (Phi) is 5.91. The molecule has 3 aromatic rings. The maximum Gasteiger partial charge on any atom is 0.421 e. The Morgan fingerprint density at radius 3 is 2.24 bits per heavy atom. The Bertz CT molecular complexity index is 957. The number of nitrogens with one attached hydrogen (secondary N) is 1. The van der Waals surface area contributed by atoms with Gasteiger partial charge >= 0.3 is 6.18 Å². The third-order valence-electron chi connectivity index (χ3n) is 4.47. The molecule has 2 aromatic carbocycles. The van der Waals surface area contributed by atoms with Crippen molar-refractivity contribution >= 4 is 23.1 Å². The predicted molar refractivity (Wildman–Crippen MR) is 107 cm³/mol. The summed E-state index contributed by atoms with van der Waals surface area (Å²) in [5, 5.41) is 2.93. The molecule has 29 heavy (non-hydrogen) atoms. The summed E-state index contributed by atoms with van der Waals surface area (Å²) in [5.74, 6) is 0.503. The highest BCUT2D eigenvalue weighted by Crippen LogP contribution is 2.37. The minimum atomic E-state index is -4.58. The summed E-state index contributed by atoms with van der Waals surface area (Å²) in [6, 6.07) is 14.2. The second-order valence-corrected chi connectivity index (χ2v) is 6.36. The van der Waals surface area contributed by atoms with E-state index in [0.717, 1.165) is 18.2 Å². The van der Waals surface area contributed by atoms with Gasteiger partial charge in [0.25, 0.3) is 0 Å². The molecule has 0 saturated carbocycles. The summed E-state index contributed by atoms with van der Waals surface area (Å²) in [6.07, 6.45) is -2.93. The molecule has 0 atom stereocenters. The summed E-state index contributed by atoms with van der Waals surface area (Å²) >= 11 is 0. The van der Waals surface area contributed by atoms with Gasteiger partial charge in [-0.1, -0.05) is 19.1 Å². The smallest absolute Gasteiger partial charge is 0.421 e. The number of hydrogen-bond donors (Lipinski definition) is 1. The Balaban J connectivity index is 1.96. The van der Waals surface area contributed by atoms with E-state index in [0.29, 0.717) is 17.1 Å². The zero-order valence-corrected chi connectivity index (χ0v) is 16.3. The van der Waals surface area contributed by atoms with Gasteiger partial charge in [-0.2, -0.15) is 18.2 Å². The molecule has 0 bridgehead atoms. The Morgan fingerprint density at radius 1 is 1.03 bits per heavy atom. The van der Waals surface area contributed by atoms with Crippen LogP contribution >= 0.6 is 0 Å². The topological polar surface area (TPSA) is 50.3 Å². The van der Waals surface area contributed by atoms with Crippen LogP contribution in [0.5, 0.6) is 5.75 Å². The largest absolute Gasteiger partial charge is 0.497 e. The number of halogens is 3. The molecule has 0 fully saturated rings. The fourth-order valence-electron chi connectivity index (χ4n) is 2.77. The van der Waals surface area contributed by atoms with Gasteiger partial charge in [0, 0.05) is 24.6 Å². The standard InChI is InChI=1S/C21H21F3N4O/c1-4-14-5-9-16(10-6-14)28(2)19-18(21(22,23)24)13-25-20(27-19)26-15-7-11-17(29-3)12-8-15/h5-13H,4H2,1-3H3,(H,25,26,27). The van der Waals surface area contributed by atoms with Crippen LogP contribution in [-0.4, -0.2) is 24.1 Å². The third-order valence-corrected chi connectivity index (χ3v) is 4.47. The van der Waals surface area contributed by atoms with Crippen molar-refractivity contribution in [3.63, 3.8) is 0 Å². The predicted octanol–water partition coefficient (Wildman–Crippen LogP) is 5.58. The van der Waals surface area contributed by atoms with E-state index in [-0.39, 0.29) is 11.8 Å². The second-order valence-electron chi connectivity index (χ2n) is 6.36. The van der Waals surface area contributed by atoms with Crippen molar-refractivity contribution in [1.82, 2.24) is 9.97 Å². The number of methoxy groups -OCH3 is 1. The van der Waals surface area contributed by atoms with Crippen molar-refractivity contribution in [2.45, 2.75) is 19.5 Å². The lowest BCUT2D eigenvalue weighted by Gasteiger charge is -2.23. The van der Waals surface area contributed by atoms with Gasteiger partial charge in [-0.25, -0.2) is 4.98 Å². The van der Waals surface area contributed by atoms with Crippen LogP contribution in [0.25, 0.3) is 0 Å². The van der Waals surface area contributed by atoms with E-state index in [1.165, 1.54) is 4.90 Å². The maximum atomic E-state index is 13.5. The first-order chi connectivity index (χ1) is 13.8. The van der Waals surface area contributed by atoms with Crippen LogP contribution in [0.15, 0.2) is 54.7 Å². The molecule has 3 rings (SSSR count). The number of ether oxygens (including phenoxy) is 1. The van der Waals surface area contributed by atoms with Crippen molar-refractivity contribution < 1.29 is 17.9 Å². The van der Waals surface area contributed by atoms with Crippen molar-refractivity contribution in [2.75, 3.05) is 24.4 Å². The molecule has 0 aliphatic heterocycles. The van der Waals surface area contributed by atoms with E-state index < -0.39 is 11.7 Å². The molecule has 0 spiro atoms. The first-order valence-electron chi connectivity index (χ1n) is 8.99. The van der Waals surface area contributed by atoms with Gasteiger partial charge in [-0.15, -0.1) is 0 Å². The number of anilines is 4. The number of nitrogens with zero attached hydrogens (tertiary/aromatic N) is 3. The molecule has 1 aromatic heterocycles. The van der Waals surface area contributed by atoms with Crippen LogP contribution in [0.3, 0.4) is 0 Å². The highest BCUT2D eigenvalue weighted by Gasteiger charge is 2.36. The van der Waals surface area contributed by atoms with Gasteiger partial charge in [0.1, 0.15) is 11.3 Å². The Labute approximate surface area is 167 Å². The van der Waals surface area contributed by atoms with E-state index in [4.69, 9.17) is 4.74 Å². The molecule has 0 aliphatic carbocycles. The van der Waals surface area contributed by atoms with E-state index in [2.05, 4.69) is 15.3 Å². The van der Waals surface area contributed by atoms with Crippen LogP contribution < -0.4 is 15.0 Å². The minimum Gasteiger partial charge on any atom is -0.497 e. The zero-order chi connectivity index (χ0) is 21.0. The summed E-state index contributed by atoms with van der Waals surface area (Å²) < 4.78 is 45.7. The van der Waals surface area contributed by atoms with Gasteiger partial charge in [-0.05, 0) is 48.4 Å². The first-order valence-corrected chi connectivity index (χ1v) is 8.99. The Morgan fingerprint density at radius 2 is 1.69 bits per heavy atom. The fraction of sp³-hybridized carbons (Fsp3) is 0.238. The van der Waals surface area contributed by atoms with Crippen LogP contribution in [0.2, 0.25) is 0 Å². The van der Waals surface area contributed by atoms with Crippen LogP contribution in [0.1, 0.15) is 18.1 Å². The van der Waals surface area contributed by atoms with Crippen LogP contribution in [0, 0.1) is 0 Å². The molecule has 0 unspecified atom stereocenters. The van der Waals surface area contributed by atoms with Gasteiger partial charge in [0.2, 0.25) is 5.95 Å². The van der Waals surface area contributed by atoms with Gasteiger partial charge < -0.3 is 15.0 Å². The summed E-state index contributed by atoms with van der Waals surface area (Å²) in [4.78, 5) is 9.40. The van der Waals surface area contributed by atoms with Crippen molar-refractivity contribution in [2.24, 2.45) is 0 Å². The summed E-state index contributed by atoms with van der Waals surface area (Å²) in [7, 11) is 3.10. The molecule has 1 heterocycles. The molecular formula is C21H21F3N4O. The van der Waals surface area contributed by atoms with E-state index in [9.17, 15) is 13.2 Å². The lowest BCUT2D eigenvalue weighted by molar-refractivity contribution is -0.137. The van der Waals surface area contributed by atoms with Crippen LogP contribution in [0.4, 0.5) is 36.3 Å².